The van der Waals surface area contributed by atoms with Gasteiger partial charge in [0.05, 0.1) is 16.8 Å². The number of aromatic nitrogens is 6. The van der Waals surface area contributed by atoms with Crippen molar-refractivity contribution in [2.45, 2.75) is 32.6 Å². The van der Waals surface area contributed by atoms with Crippen LogP contribution in [0.1, 0.15) is 46.9 Å². The van der Waals surface area contributed by atoms with Crippen LogP contribution in [0.4, 0.5) is 0 Å². The number of hydrogen-bond donors (Lipinski definition) is 2. The van der Waals surface area contributed by atoms with Crippen molar-refractivity contribution in [3.63, 3.8) is 0 Å². The number of aromatic amines is 1. The van der Waals surface area contributed by atoms with Crippen molar-refractivity contribution in [3.8, 4) is 22.5 Å². The van der Waals surface area contributed by atoms with Crippen LogP contribution in [0.5, 0.6) is 0 Å². The first-order valence-electron chi connectivity index (χ1n) is 11.3. The molecule has 3 aromatic heterocycles. The van der Waals surface area contributed by atoms with E-state index in [1.54, 1.807) is 16.8 Å². The van der Waals surface area contributed by atoms with Gasteiger partial charge in [-0.25, -0.2) is 9.31 Å². The Bertz CT molecular complexity index is 1440. The first kappa shape index (κ1) is 21.5. The average molecular weight is 453 g/mol. The summed E-state index contributed by atoms with van der Waals surface area (Å²) in [6, 6.07) is 20.0. The van der Waals surface area contributed by atoms with Gasteiger partial charge in [-0.15, -0.1) is 10.2 Å². The van der Waals surface area contributed by atoms with Gasteiger partial charge in [0.25, 0.3) is 0 Å². The third-order valence-electron chi connectivity index (χ3n) is 5.99. The smallest absolute Gasteiger partial charge is 0.337 e. The van der Waals surface area contributed by atoms with Crippen LogP contribution >= 0.6 is 0 Å². The molecule has 0 radical (unpaired) electrons. The van der Waals surface area contributed by atoms with Crippen LogP contribution in [0.2, 0.25) is 0 Å². The normalized spacial score (nSPS) is 11.2. The number of aryl methyl sites for hydroxylation is 1. The summed E-state index contributed by atoms with van der Waals surface area (Å²) >= 11 is 0. The minimum absolute atomic E-state index is 0.230. The first-order chi connectivity index (χ1) is 16.6. The lowest BCUT2D eigenvalue weighted by Gasteiger charge is -2.09. The summed E-state index contributed by atoms with van der Waals surface area (Å²) in [7, 11) is 0. The molecule has 0 bridgehead atoms. The first-order valence-corrected chi connectivity index (χ1v) is 11.3. The molecule has 3 heterocycles. The molecule has 0 amide bonds. The molecule has 2 aromatic carbocycles. The fraction of sp³-hybridized carbons (Fsp3) is 0.192. The molecular weight excluding hydrogens is 428 g/mol. The number of carbonyl (C=O) groups is 1. The molecule has 0 fully saturated rings. The van der Waals surface area contributed by atoms with E-state index in [-0.39, 0.29) is 5.56 Å². The van der Waals surface area contributed by atoms with Gasteiger partial charge in [-0.1, -0.05) is 61.9 Å². The zero-order chi connectivity index (χ0) is 23.5. The minimum Gasteiger partial charge on any atom is -0.478 e. The van der Waals surface area contributed by atoms with Gasteiger partial charge in [0.2, 0.25) is 5.82 Å². The number of carboxylic acid groups (broad SMARTS) is 1. The number of rotatable bonds is 8. The van der Waals surface area contributed by atoms with Crippen molar-refractivity contribution in [2.75, 3.05) is 0 Å². The van der Waals surface area contributed by atoms with E-state index < -0.39 is 5.97 Å². The highest BCUT2D eigenvalue weighted by Crippen LogP contribution is 2.30. The number of fused-ring (bicyclic) bond motifs is 1. The molecule has 0 aliphatic rings. The Morgan fingerprint density at radius 1 is 1.03 bits per heavy atom. The van der Waals surface area contributed by atoms with E-state index in [2.05, 4.69) is 57.9 Å². The van der Waals surface area contributed by atoms with Crippen molar-refractivity contribution in [1.82, 2.24) is 30.2 Å². The number of hydrogen-bond acceptors (Lipinski definition) is 5. The largest absolute Gasteiger partial charge is 0.478 e. The number of nitrogens with zero attached hydrogens (tertiary/aromatic N) is 5. The fourth-order valence-electron chi connectivity index (χ4n) is 4.23. The Hall–Kier alpha value is -4.33. The summed E-state index contributed by atoms with van der Waals surface area (Å²) < 4.78 is 1.71. The highest BCUT2D eigenvalue weighted by Gasteiger charge is 2.16. The molecule has 2 N–H and O–H groups in total. The van der Waals surface area contributed by atoms with Crippen LogP contribution in [-0.2, 0) is 12.8 Å². The number of nitrogens with one attached hydrogen (secondary N) is 1. The van der Waals surface area contributed by atoms with Gasteiger partial charge < -0.3 is 5.11 Å². The zero-order valence-corrected chi connectivity index (χ0v) is 18.8. The van der Waals surface area contributed by atoms with E-state index in [0.717, 1.165) is 64.7 Å². The van der Waals surface area contributed by atoms with Crippen LogP contribution < -0.4 is 0 Å². The molecule has 170 valence electrons. The molecular formula is C26H24N6O2. The molecule has 8 nitrogen and oxygen atoms in total. The fourth-order valence-corrected chi connectivity index (χ4v) is 4.23. The van der Waals surface area contributed by atoms with Gasteiger partial charge in [-0.3, -0.25) is 0 Å². The average Bonchev–Trinajstić information content (AvgIpc) is 3.51. The second kappa shape index (κ2) is 9.27. The highest BCUT2D eigenvalue weighted by molar-refractivity contribution is 5.87. The minimum atomic E-state index is -0.953. The maximum Gasteiger partial charge on any atom is 0.337 e. The monoisotopic (exact) mass is 452 g/mol. The van der Waals surface area contributed by atoms with E-state index in [0.29, 0.717) is 5.82 Å². The lowest BCUT2D eigenvalue weighted by molar-refractivity contribution is 0.0696. The predicted molar refractivity (Wildman–Crippen MR) is 129 cm³/mol. The number of carboxylic acids is 1. The summed E-state index contributed by atoms with van der Waals surface area (Å²) in [5.41, 5.74) is 7.54. The van der Waals surface area contributed by atoms with Gasteiger partial charge in [-0.2, -0.15) is 10.3 Å². The van der Waals surface area contributed by atoms with E-state index >= 15 is 0 Å². The molecule has 8 heteroatoms. The summed E-state index contributed by atoms with van der Waals surface area (Å²) in [5.74, 6) is -0.391. The zero-order valence-electron chi connectivity index (χ0n) is 18.8. The number of pyridine rings is 1. The molecule has 0 aliphatic carbocycles. The van der Waals surface area contributed by atoms with Crippen molar-refractivity contribution < 1.29 is 9.90 Å². The molecule has 0 atom stereocenters. The van der Waals surface area contributed by atoms with E-state index in [9.17, 15) is 9.90 Å². The third-order valence-corrected chi connectivity index (χ3v) is 5.99. The Balaban J connectivity index is 1.48. The molecule has 0 saturated heterocycles. The van der Waals surface area contributed by atoms with Crippen LogP contribution in [0.15, 0.2) is 66.9 Å². The molecule has 0 aliphatic heterocycles. The lowest BCUT2D eigenvalue weighted by atomic mass is 9.96. The van der Waals surface area contributed by atoms with Gasteiger partial charge in [0.1, 0.15) is 0 Å². The third kappa shape index (κ3) is 4.17. The van der Waals surface area contributed by atoms with Gasteiger partial charge in [0.15, 0.2) is 0 Å². The second-order valence-electron chi connectivity index (χ2n) is 8.24. The summed E-state index contributed by atoms with van der Waals surface area (Å²) in [6.45, 7) is 2.16. The number of tetrazole rings is 1. The topological polar surface area (TPSA) is 109 Å². The Labute approximate surface area is 196 Å². The van der Waals surface area contributed by atoms with E-state index in [4.69, 9.17) is 5.10 Å². The molecule has 0 saturated carbocycles. The van der Waals surface area contributed by atoms with Crippen molar-refractivity contribution >= 4 is 11.5 Å². The number of benzene rings is 2. The SMILES string of the molecule is CCCCc1nn2cc(C(=O)O)ccc2c1Cc1ccc(-c2ccccc2-c2nn[nH]n2)cc1. The number of aromatic carboxylic acids is 1. The standard InChI is InChI=1S/C26H24N6O2/c1-2-3-8-23-22(24-14-13-19(26(33)34)16-32(24)29-23)15-17-9-11-18(12-10-17)20-6-4-5-7-21(20)25-27-30-31-28-25/h4-7,9-14,16H,2-3,8,15H2,1H3,(H,33,34)(H,27,28,30,31). The van der Waals surface area contributed by atoms with Crippen molar-refractivity contribution in [3.05, 3.63) is 89.2 Å². The maximum atomic E-state index is 11.4. The van der Waals surface area contributed by atoms with Crippen LogP contribution in [0, 0.1) is 0 Å². The van der Waals surface area contributed by atoms with Crippen LogP contribution in [0.3, 0.4) is 0 Å². The number of H-pyrrole nitrogens is 1. The van der Waals surface area contributed by atoms with Gasteiger partial charge >= 0.3 is 5.97 Å². The van der Waals surface area contributed by atoms with Gasteiger partial charge in [0, 0.05) is 23.7 Å². The highest BCUT2D eigenvalue weighted by atomic mass is 16.4. The number of unbranched alkanes of at least 4 members (excludes halogenated alkanes) is 1. The van der Waals surface area contributed by atoms with Gasteiger partial charge in [-0.05, 0) is 46.9 Å². The maximum absolute atomic E-state index is 11.4. The van der Waals surface area contributed by atoms with Crippen LogP contribution in [-0.4, -0.2) is 41.3 Å². The molecule has 0 spiro atoms. The summed E-state index contributed by atoms with van der Waals surface area (Å²) in [6.07, 6.45) is 5.29. The second-order valence-corrected chi connectivity index (χ2v) is 8.24. The van der Waals surface area contributed by atoms with Crippen molar-refractivity contribution in [1.29, 1.82) is 0 Å². The van der Waals surface area contributed by atoms with Crippen LogP contribution in [0.25, 0.3) is 28.0 Å². The summed E-state index contributed by atoms with van der Waals surface area (Å²) in [4.78, 5) is 11.4. The van der Waals surface area contributed by atoms with E-state index in [1.165, 1.54) is 0 Å². The molecule has 5 aromatic rings. The Morgan fingerprint density at radius 2 is 1.82 bits per heavy atom. The Kier molecular flexibility index (Phi) is 5.86. The van der Waals surface area contributed by atoms with E-state index in [1.807, 2.05) is 24.3 Å². The molecule has 0 unspecified atom stereocenters. The summed E-state index contributed by atoms with van der Waals surface area (Å²) in [5, 5.41) is 28.5. The van der Waals surface area contributed by atoms with Crippen molar-refractivity contribution in [2.24, 2.45) is 0 Å². The quantitative estimate of drug-likeness (QED) is 0.350. The predicted octanol–water partition coefficient (Wildman–Crippen LogP) is 4.81. The molecule has 5 rings (SSSR count). The molecule has 34 heavy (non-hydrogen) atoms. The lowest BCUT2D eigenvalue weighted by Crippen LogP contribution is -1.99. The Morgan fingerprint density at radius 3 is 2.53 bits per heavy atom.